The molecule has 3 radical (unpaired) electrons. The molecule has 3 rings (SSSR count). The SMILES string of the molecule is C.CC(C)(C)C12CCC(CC1)CC2.[CH2-]C([CH2-])C(C([CH2-])[CH2-])C(C)(C)C.[CH2-]C([CH2-])C[CH-]C(C)(C)C.[CH3-].[Y+3].[Y].[Y].[Y]. The molecule has 3 aliphatic carbocycles. The summed E-state index contributed by atoms with van der Waals surface area (Å²) in [5, 5.41) is 0. The molecule has 0 amide bonds. The van der Waals surface area contributed by atoms with Crippen LogP contribution in [-0.4, -0.2) is 0 Å². The van der Waals surface area contributed by atoms with E-state index in [0.29, 0.717) is 22.7 Å². The Kier molecular flexibility index (Phi) is 39.1. The molecule has 3 aliphatic rings. The summed E-state index contributed by atoms with van der Waals surface area (Å²) in [5.74, 6) is 2.16. The summed E-state index contributed by atoms with van der Waals surface area (Å²) in [6.45, 7) is 43.8. The molecule has 0 unspecified atom stereocenters. The van der Waals surface area contributed by atoms with Crippen molar-refractivity contribution in [1.82, 2.24) is 0 Å². The number of fused-ring (bicyclic) bond motifs is 3. The van der Waals surface area contributed by atoms with Crippen molar-refractivity contribution in [3.8, 4) is 0 Å². The molecule has 4 heteroatoms. The minimum Gasteiger partial charge on any atom is -0.372 e. The van der Waals surface area contributed by atoms with Crippen molar-refractivity contribution < 1.29 is 131 Å². The molecule has 0 heterocycles. The van der Waals surface area contributed by atoms with Crippen LogP contribution in [0.25, 0.3) is 0 Å². The molecule has 3 fully saturated rings. The first-order valence-corrected chi connectivity index (χ1v) is 13.0. The quantitative estimate of drug-likeness (QED) is 0.248. The van der Waals surface area contributed by atoms with Crippen molar-refractivity contribution in [3.05, 3.63) is 55.4 Å². The maximum Gasteiger partial charge on any atom is 3.00 e. The van der Waals surface area contributed by atoms with Gasteiger partial charge in [-0.15, -0.1) is 5.92 Å². The van der Waals surface area contributed by atoms with Gasteiger partial charge in [-0.1, -0.05) is 69.7 Å². The first-order valence-electron chi connectivity index (χ1n) is 13.0. The van der Waals surface area contributed by atoms with Crippen LogP contribution in [0.5, 0.6) is 0 Å². The summed E-state index contributed by atoms with van der Waals surface area (Å²) in [6.07, 6.45) is 12.4. The smallest absolute Gasteiger partial charge is 0.372 e. The Labute approximate surface area is 346 Å². The van der Waals surface area contributed by atoms with Gasteiger partial charge in [-0.05, 0) is 60.7 Å². The van der Waals surface area contributed by atoms with Crippen LogP contribution in [0.4, 0.5) is 0 Å². The largest absolute Gasteiger partial charge is 3.00 e. The van der Waals surface area contributed by atoms with Crippen molar-refractivity contribution in [2.45, 2.75) is 115 Å². The van der Waals surface area contributed by atoms with E-state index in [9.17, 15) is 0 Å². The van der Waals surface area contributed by atoms with Gasteiger partial charge < -0.3 is 73.1 Å². The third-order valence-electron chi connectivity index (χ3n) is 7.76. The predicted molar refractivity (Wildman–Crippen MR) is 160 cm³/mol. The van der Waals surface area contributed by atoms with Crippen LogP contribution in [0.1, 0.15) is 115 Å². The third-order valence-corrected chi connectivity index (χ3v) is 7.76. The molecule has 219 valence electrons. The molecule has 0 aromatic carbocycles. The van der Waals surface area contributed by atoms with Gasteiger partial charge in [-0.3, -0.25) is 0 Å². The average Bonchev–Trinajstić information content (AvgIpc) is 2.59. The Hall–Kier alpha value is 4.42. The van der Waals surface area contributed by atoms with Crippen molar-refractivity contribution in [2.24, 2.45) is 51.2 Å². The second-order valence-corrected chi connectivity index (χ2v) is 14.1. The Bertz CT molecular complexity index is 474. The van der Waals surface area contributed by atoms with Gasteiger partial charge in [0.05, 0.1) is 0 Å². The predicted octanol–water partition coefficient (Wildman–Crippen LogP) is 11.2. The Balaban J connectivity index is -0.0000000711. The zero-order valence-electron chi connectivity index (χ0n) is 27.0. The number of hydrogen-bond donors (Lipinski definition) is 0. The molecule has 0 aliphatic heterocycles. The van der Waals surface area contributed by atoms with Crippen LogP contribution in [0.3, 0.4) is 0 Å². The van der Waals surface area contributed by atoms with E-state index in [4.69, 9.17) is 0 Å². The van der Waals surface area contributed by atoms with Gasteiger partial charge in [0, 0.05) is 98.1 Å². The van der Waals surface area contributed by atoms with Gasteiger partial charge in [0.1, 0.15) is 0 Å². The van der Waals surface area contributed by atoms with Crippen LogP contribution >= 0.6 is 0 Å². The van der Waals surface area contributed by atoms with E-state index < -0.39 is 0 Å². The number of hydrogen-bond acceptors (Lipinski definition) is 0. The van der Waals surface area contributed by atoms with Crippen molar-refractivity contribution >= 4 is 0 Å². The molecule has 38 heavy (non-hydrogen) atoms. The fourth-order valence-corrected chi connectivity index (χ4v) is 5.69. The molecule has 0 aromatic rings. The van der Waals surface area contributed by atoms with E-state index in [1.165, 1.54) is 38.5 Å². The Morgan fingerprint density at radius 2 is 1.03 bits per heavy atom. The van der Waals surface area contributed by atoms with E-state index in [1.54, 1.807) is 0 Å². The molecule has 0 spiro atoms. The van der Waals surface area contributed by atoms with Gasteiger partial charge in [-0.25, -0.2) is 6.42 Å². The van der Waals surface area contributed by atoms with Gasteiger partial charge in [0.2, 0.25) is 0 Å². The molecular weight excluding hydrogens is 764 g/mol. The average molecular weight is 831 g/mol. The van der Waals surface area contributed by atoms with Crippen molar-refractivity contribution in [2.75, 3.05) is 0 Å². The third kappa shape index (κ3) is 23.8. The fourth-order valence-electron chi connectivity index (χ4n) is 5.69. The maximum atomic E-state index is 3.94. The summed E-state index contributed by atoms with van der Waals surface area (Å²) in [5.41, 5.74) is 1.82. The summed E-state index contributed by atoms with van der Waals surface area (Å²) in [6, 6.07) is 0. The monoisotopic (exact) mass is 830 g/mol. The summed E-state index contributed by atoms with van der Waals surface area (Å²) in [4.78, 5) is 0. The molecule has 3 saturated carbocycles. The van der Waals surface area contributed by atoms with E-state index in [1.807, 2.05) is 0 Å². The Morgan fingerprint density at radius 3 is 1.13 bits per heavy atom. The van der Waals surface area contributed by atoms with Crippen LogP contribution in [0, 0.1) is 107 Å². The first kappa shape index (κ1) is 58.0. The molecule has 0 atom stereocenters. The summed E-state index contributed by atoms with van der Waals surface area (Å²) in [7, 11) is 0. The van der Waals surface area contributed by atoms with Crippen LogP contribution in [-0.2, 0) is 131 Å². The van der Waals surface area contributed by atoms with Gasteiger partial charge in [0.15, 0.2) is 0 Å². The minimum atomic E-state index is 0. The summed E-state index contributed by atoms with van der Waals surface area (Å²) >= 11 is 0. The fraction of sp³-hybridized carbons (Fsp3) is 0.765. The van der Waals surface area contributed by atoms with E-state index in [0.717, 1.165) is 17.8 Å². The second kappa shape index (κ2) is 25.6. The van der Waals surface area contributed by atoms with Gasteiger partial charge >= 0.3 is 32.7 Å². The number of rotatable bonds is 4. The van der Waals surface area contributed by atoms with E-state index >= 15 is 0 Å². The van der Waals surface area contributed by atoms with E-state index in [2.05, 4.69) is 110 Å². The van der Waals surface area contributed by atoms with Crippen LogP contribution in [0.15, 0.2) is 0 Å². The molecule has 0 nitrogen and oxygen atoms in total. The van der Waals surface area contributed by atoms with Crippen molar-refractivity contribution in [1.29, 1.82) is 0 Å². The molecule has 0 N–H and O–H groups in total. The molecule has 2 bridgehead atoms. The first-order chi connectivity index (χ1) is 14.2. The normalized spacial score (nSPS) is 20.1. The van der Waals surface area contributed by atoms with Crippen LogP contribution < -0.4 is 0 Å². The topological polar surface area (TPSA) is 0 Å². The molecule has 0 aromatic heterocycles. The van der Waals surface area contributed by atoms with Gasteiger partial charge in [0.25, 0.3) is 0 Å². The standard InChI is InChI=1S/C12H22.C11H20.C9H17.CH4.CH3.4Y/c1-11(2,3)12-7-4-10(5-8-12)6-9-12;1-8(2)10(9(3)4)11(5,6)7;1-8(2)6-7-9(3,4)5;;;;;;/h10H,4-9H2,1-3H3;8-10H,1-4H2,5-7H3;7-8H,1-2,6H2,3-5H3;1H4;1H3;;;;/q;-4;-3;;-1;;;;+3. The van der Waals surface area contributed by atoms with Crippen molar-refractivity contribution in [3.63, 3.8) is 0 Å². The van der Waals surface area contributed by atoms with E-state index in [-0.39, 0.29) is 163 Å². The minimum absolute atomic E-state index is 0. The van der Waals surface area contributed by atoms with Crippen LogP contribution in [0.2, 0.25) is 0 Å². The molecule has 0 saturated heterocycles. The maximum absolute atomic E-state index is 3.94. The Morgan fingerprint density at radius 1 is 0.711 bits per heavy atom. The second-order valence-electron chi connectivity index (χ2n) is 14.1. The zero-order chi connectivity index (χ0) is 25.5. The van der Waals surface area contributed by atoms with Gasteiger partial charge in [-0.2, -0.15) is 5.41 Å². The molecular formula is C34H66Y4-5. The zero-order valence-corrected chi connectivity index (χ0v) is 38.3. The summed E-state index contributed by atoms with van der Waals surface area (Å²) < 4.78 is 0.